The van der Waals surface area contributed by atoms with Crippen molar-refractivity contribution in [3.8, 4) is 0 Å². The normalized spacial score (nSPS) is 18.4. The number of piperazine rings is 1. The first-order valence-electron chi connectivity index (χ1n) is 11.2. The third-order valence-corrected chi connectivity index (χ3v) is 6.23. The van der Waals surface area contributed by atoms with Crippen LogP contribution in [0.2, 0.25) is 0 Å². The molecule has 9 heteroatoms. The lowest BCUT2D eigenvalue weighted by atomic mass is 9.96. The van der Waals surface area contributed by atoms with E-state index in [1.54, 1.807) is 24.5 Å². The van der Waals surface area contributed by atoms with E-state index in [9.17, 15) is 4.39 Å². The zero-order valence-corrected chi connectivity index (χ0v) is 21.0. The molecular formula is C23H33FIN7. The Bertz CT molecular complexity index is 850. The van der Waals surface area contributed by atoms with Gasteiger partial charge in [0.05, 0.1) is 0 Å². The van der Waals surface area contributed by atoms with Crippen LogP contribution in [0.1, 0.15) is 18.4 Å². The number of aliphatic imine (C=N–C) groups is 1. The summed E-state index contributed by atoms with van der Waals surface area (Å²) in [5.41, 5.74) is 0.791. The number of aromatic nitrogens is 2. The lowest BCUT2D eigenvalue weighted by molar-refractivity contribution is 0.175. The Labute approximate surface area is 207 Å². The highest BCUT2D eigenvalue weighted by Gasteiger charge is 2.23. The molecule has 0 atom stereocenters. The van der Waals surface area contributed by atoms with Gasteiger partial charge in [-0.3, -0.25) is 9.89 Å². The molecule has 32 heavy (non-hydrogen) atoms. The van der Waals surface area contributed by atoms with Crippen molar-refractivity contribution < 1.29 is 4.39 Å². The maximum absolute atomic E-state index is 13.9. The minimum atomic E-state index is -0.103. The summed E-state index contributed by atoms with van der Waals surface area (Å²) in [5, 5.41) is 3.58. The first-order chi connectivity index (χ1) is 15.2. The zero-order valence-electron chi connectivity index (χ0n) is 18.7. The van der Waals surface area contributed by atoms with Gasteiger partial charge in [0.1, 0.15) is 5.82 Å². The van der Waals surface area contributed by atoms with Crippen LogP contribution in [0.5, 0.6) is 0 Å². The van der Waals surface area contributed by atoms with Crippen LogP contribution in [0.3, 0.4) is 0 Å². The van der Waals surface area contributed by atoms with Gasteiger partial charge in [-0.1, -0.05) is 18.2 Å². The zero-order chi connectivity index (χ0) is 21.5. The van der Waals surface area contributed by atoms with E-state index in [0.717, 1.165) is 76.1 Å². The van der Waals surface area contributed by atoms with Gasteiger partial charge < -0.3 is 15.1 Å². The second-order valence-corrected chi connectivity index (χ2v) is 8.26. The molecule has 0 saturated carbocycles. The molecule has 0 spiro atoms. The number of guanidine groups is 1. The van der Waals surface area contributed by atoms with Crippen LogP contribution in [0.15, 0.2) is 47.7 Å². The molecule has 2 aliphatic rings. The van der Waals surface area contributed by atoms with Crippen molar-refractivity contribution in [2.75, 3.05) is 57.8 Å². The number of nitrogens with zero attached hydrogens (tertiary/aromatic N) is 6. The number of piperidine rings is 1. The third-order valence-electron chi connectivity index (χ3n) is 6.23. The van der Waals surface area contributed by atoms with Crippen LogP contribution in [0.4, 0.5) is 10.3 Å². The average molecular weight is 553 g/mol. The van der Waals surface area contributed by atoms with E-state index in [1.165, 1.54) is 0 Å². The fourth-order valence-corrected chi connectivity index (χ4v) is 4.36. The van der Waals surface area contributed by atoms with E-state index < -0.39 is 0 Å². The molecule has 1 aromatic heterocycles. The van der Waals surface area contributed by atoms with Gasteiger partial charge in [0, 0.05) is 64.3 Å². The van der Waals surface area contributed by atoms with Crippen molar-refractivity contribution in [1.29, 1.82) is 0 Å². The number of hydrogen-bond donors (Lipinski definition) is 1. The van der Waals surface area contributed by atoms with Crippen LogP contribution in [-0.2, 0) is 6.54 Å². The fraction of sp³-hybridized carbons (Fsp3) is 0.522. The predicted molar refractivity (Wildman–Crippen MR) is 137 cm³/mol. The Hall–Kier alpha value is -2.01. The van der Waals surface area contributed by atoms with Gasteiger partial charge in [-0.2, -0.15) is 0 Å². The van der Waals surface area contributed by atoms with Crippen LogP contribution >= 0.6 is 24.0 Å². The van der Waals surface area contributed by atoms with E-state index in [4.69, 9.17) is 0 Å². The van der Waals surface area contributed by atoms with E-state index in [2.05, 4.69) is 35.0 Å². The quantitative estimate of drug-likeness (QED) is 0.349. The Morgan fingerprint density at radius 3 is 2.38 bits per heavy atom. The Morgan fingerprint density at radius 2 is 1.72 bits per heavy atom. The van der Waals surface area contributed by atoms with Gasteiger partial charge in [-0.25, -0.2) is 14.4 Å². The molecule has 0 unspecified atom stereocenters. The average Bonchev–Trinajstić information content (AvgIpc) is 2.83. The molecule has 2 fully saturated rings. The maximum Gasteiger partial charge on any atom is 0.225 e. The molecule has 0 aliphatic carbocycles. The molecule has 2 aromatic rings. The number of anilines is 1. The van der Waals surface area contributed by atoms with Crippen molar-refractivity contribution in [3.05, 3.63) is 54.1 Å². The lowest BCUT2D eigenvalue weighted by Crippen LogP contribution is -2.53. The molecular weight excluding hydrogens is 520 g/mol. The largest absolute Gasteiger partial charge is 0.356 e. The molecule has 4 rings (SSSR count). The summed E-state index contributed by atoms with van der Waals surface area (Å²) in [7, 11) is 1.85. The smallest absolute Gasteiger partial charge is 0.225 e. The van der Waals surface area contributed by atoms with Crippen molar-refractivity contribution in [1.82, 2.24) is 25.1 Å². The summed E-state index contributed by atoms with van der Waals surface area (Å²) in [6.07, 6.45) is 5.82. The standard InChI is InChI=1S/C23H32FN7.HI/c1-25-22(30-13-15-31(16-14-30)23-26-9-4-10-27-23)28-17-19-7-11-29(12-8-19)18-20-5-2-3-6-21(20)24;/h2-6,9-10,19H,7-8,11-18H2,1H3,(H,25,28);1H. The van der Waals surface area contributed by atoms with Gasteiger partial charge in [-0.15, -0.1) is 24.0 Å². The summed E-state index contributed by atoms with van der Waals surface area (Å²) >= 11 is 0. The lowest BCUT2D eigenvalue weighted by Gasteiger charge is -2.37. The van der Waals surface area contributed by atoms with E-state index in [1.807, 2.05) is 25.2 Å². The number of rotatable bonds is 5. The molecule has 1 aromatic carbocycles. The molecule has 3 heterocycles. The monoisotopic (exact) mass is 553 g/mol. The molecule has 174 valence electrons. The molecule has 2 saturated heterocycles. The van der Waals surface area contributed by atoms with E-state index in [0.29, 0.717) is 12.5 Å². The predicted octanol–water partition coefficient (Wildman–Crippen LogP) is 2.84. The summed E-state index contributed by atoms with van der Waals surface area (Å²) in [6.45, 7) is 7.23. The van der Waals surface area contributed by atoms with Crippen molar-refractivity contribution in [2.45, 2.75) is 19.4 Å². The first-order valence-corrected chi connectivity index (χ1v) is 11.2. The molecule has 0 radical (unpaired) electrons. The summed E-state index contributed by atoms with van der Waals surface area (Å²) in [5.74, 6) is 2.29. The Kier molecular flexibility index (Phi) is 9.46. The second kappa shape index (κ2) is 12.3. The molecule has 7 nitrogen and oxygen atoms in total. The highest BCUT2D eigenvalue weighted by Crippen LogP contribution is 2.19. The van der Waals surface area contributed by atoms with Crippen LogP contribution in [0, 0.1) is 11.7 Å². The van der Waals surface area contributed by atoms with Crippen molar-refractivity contribution in [3.63, 3.8) is 0 Å². The van der Waals surface area contributed by atoms with E-state index >= 15 is 0 Å². The molecule has 1 N–H and O–H groups in total. The first kappa shape index (κ1) is 24.6. The summed E-state index contributed by atoms with van der Waals surface area (Å²) in [4.78, 5) is 20.1. The Morgan fingerprint density at radius 1 is 1.03 bits per heavy atom. The minimum absolute atomic E-state index is 0. The minimum Gasteiger partial charge on any atom is -0.356 e. The number of halogens is 2. The highest BCUT2D eigenvalue weighted by molar-refractivity contribution is 14.0. The van der Waals surface area contributed by atoms with Gasteiger partial charge in [0.15, 0.2) is 5.96 Å². The van der Waals surface area contributed by atoms with Gasteiger partial charge in [0.2, 0.25) is 5.95 Å². The van der Waals surface area contributed by atoms with Gasteiger partial charge in [0.25, 0.3) is 0 Å². The second-order valence-electron chi connectivity index (χ2n) is 8.26. The molecule has 2 aliphatic heterocycles. The summed E-state index contributed by atoms with van der Waals surface area (Å²) < 4.78 is 13.9. The van der Waals surface area contributed by atoms with E-state index in [-0.39, 0.29) is 29.8 Å². The number of likely N-dealkylation sites (tertiary alicyclic amines) is 1. The van der Waals surface area contributed by atoms with Crippen LogP contribution in [-0.4, -0.2) is 78.6 Å². The molecule has 0 bridgehead atoms. The maximum atomic E-state index is 13.9. The number of benzene rings is 1. The topological polar surface area (TPSA) is 59.9 Å². The number of nitrogens with one attached hydrogen (secondary N) is 1. The summed E-state index contributed by atoms with van der Waals surface area (Å²) in [6, 6.07) is 8.93. The highest BCUT2D eigenvalue weighted by atomic mass is 127. The fourth-order valence-electron chi connectivity index (χ4n) is 4.36. The van der Waals surface area contributed by atoms with Crippen molar-refractivity contribution >= 4 is 35.9 Å². The third kappa shape index (κ3) is 6.50. The SMILES string of the molecule is CN=C(NCC1CCN(Cc2ccccc2F)CC1)N1CCN(c2ncccn2)CC1.I. The van der Waals surface area contributed by atoms with Crippen LogP contribution < -0.4 is 10.2 Å². The van der Waals surface area contributed by atoms with Gasteiger partial charge >= 0.3 is 0 Å². The van der Waals surface area contributed by atoms with Crippen LogP contribution in [0.25, 0.3) is 0 Å². The van der Waals surface area contributed by atoms with Crippen molar-refractivity contribution in [2.24, 2.45) is 10.9 Å². The number of hydrogen-bond acceptors (Lipinski definition) is 5. The van der Waals surface area contributed by atoms with Gasteiger partial charge in [-0.05, 0) is 44.0 Å². The Balaban J connectivity index is 0.00000289. The molecule has 0 amide bonds.